The Labute approximate surface area is 198 Å². The van der Waals surface area contributed by atoms with Gasteiger partial charge >= 0.3 is 0 Å². The number of hydrogen-bond acceptors (Lipinski definition) is 5. The number of aryl methyl sites for hydroxylation is 1. The minimum absolute atomic E-state index is 0.00708. The number of aromatic nitrogens is 5. The second kappa shape index (κ2) is 7.80. The van der Waals surface area contributed by atoms with Crippen LogP contribution in [0.2, 0.25) is 10.0 Å². The van der Waals surface area contributed by atoms with Gasteiger partial charge in [0.1, 0.15) is 16.7 Å². The molecule has 1 aliphatic rings. The van der Waals surface area contributed by atoms with E-state index in [2.05, 4.69) is 0 Å². The van der Waals surface area contributed by atoms with E-state index in [4.69, 9.17) is 42.9 Å². The first-order valence-electron chi connectivity index (χ1n) is 10.8. The smallest absolute Gasteiger partial charge is 0.265 e. The molecular weight excluding hydrogens is 461 g/mol. The highest BCUT2D eigenvalue weighted by molar-refractivity contribution is 6.35. The molecule has 0 radical (unpaired) electrons. The van der Waals surface area contributed by atoms with E-state index in [1.807, 2.05) is 35.8 Å². The van der Waals surface area contributed by atoms with Gasteiger partial charge in [-0.2, -0.15) is 0 Å². The quantitative estimate of drug-likeness (QED) is 0.360. The molecule has 0 unspecified atom stereocenters. The van der Waals surface area contributed by atoms with Crippen LogP contribution in [0.4, 0.5) is 0 Å². The molecule has 4 heterocycles. The zero-order valence-electron chi connectivity index (χ0n) is 17.8. The summed E-state index contributed by atoms with van der Waals surface area (Å²) in [5.41, 5.74) is 3.44. The third kappa shape index (κ3) is 3.39. The first kappa shape index (κ1) is 20.6. The molecule has 166 valence electrons. The zero-order valence-corrected chi connectivity index (χ0v) is 19.3. The van der Waals surface area contributed by atoms with Crippen LogP contribution >= 0.6 is 23.2 Å². The lowest BCUT2D eigenvalue weighted by Gasteiger charge is -2.14. The van der Waals surface area contributed by atoms with Crippen molar-refractivity contribution in [3.05, 3.63) is 68.7 Å². The lowest BCUT2D eigenvalue weighted by Crippen LogP contribution is -2.29. The second-order valence-corrected chi connectivity index (χ2v) is 9.13. The molecule has 0 bridgehead atoms. The fraction of sp³-hybridized carbons (Fsp3) is 0.250. The van der Waals surface area contributed by atoms with Crippen LogP contribution in [0, 0.1) is 6.92 Å². The first-order valence-corrected chi connectivity index (χ1v) is 11.5. The van der Waals surface area contributed by atoms with Crippen LogP contribution in [0.3, 0.4) is 0 Å². The van der Waals surface area contributed by atoms with Gasteiger partial charge in [-0.15, -0.1) is 0 Å². The largest absolute Gasteiger partial charge is 0.376 e. The Morgan fingerprint density at radius 1 is 1.03 bits per heavy atom. The molecule has 5 aromatic rings. The van der Waals surface area contributed by atoms with Crippen molar-refractivity contribution in [3.63, 3.8) is 0 Å². The van der Waals surface area contributed by atoms with Crippen LogP contribution in [0.15, 0.2) is 47.3 Å². The van der Waals surface area contributed by atoms with Gasteiger partial charge in [0.05, 0.1) is 29.4 Å². The third-order valence-corrected chi connectivity index (χ3v) is 6.51. The molecular formula is C24H19Cl2N5O2. The average molecular weight is 480 g/mol. The summed E-state index contributed by atoms with van der Waals surface area (Å²) in [6, 6.07) is 12.8. The van der Waals surface area contributed by atoms with E-state index in [-0.39, 0.29) is 11.7 Å². The van der Waals surface area contributed by atoms with Gasteiger partial charge in [0.25, 0.3) is 5.56 Å². The Bertz CT molecular complexity index is 1600. The van der Waals surface area contributed by atoms with Gasteiger partial charge in [0, 0.05) is 16.7 Å². The van der Waals surface area contributed by atoms with Crippen LogP contribution in [0.25, 0.3) is 38.9 Å². The Kier molecular flexibility index (Phi) is 4.87. The SMILES string of the molecule is Cc1nc2c(c(=O)n1C[C@@H]1CCCO1)c1nc3ccccc3nc1n2-c1cc(Cl)cc(Cl)c1. The third-order valence-electron chi connectivity index (χ3n) is 6.07. The molecule has 6 rings (SSSR count). The maximum absolute atomic E-state index is 13.8. The predicted molar refractivity (Wildman–Crippen MR) is 130 cm³/mol. The summed E-state index contributed by atoms with van der Waals surface area (Å²) in [6.07, 6.45) is 1.94. The second-order valence-electron chi connectivity index (χ2n) is 8.26. The lowest BCUT2D eigenvalue weighted by atomic mass is 10.2. The van der Waals surface area contributed by atoms with Crippen molar-refractivity contribution >= 4 is 56.4 Å². The number of halogens is 2. The van der Waals surface area contributed by atoms with Crippen LogP contribution in [0.1, 0.15) is 18.7 Å². The van der Waals surface area contributed by atoms with Crippen LogP contribution < -0.4 is 5.56 Å². The van der Waals surface area contributed by atoms with Crippen molar-refractivity contribution in [1.29, 1.82) is 0 Å². The fourth-order valence-electron chi connectivity index (χ4n) is 4.55. The van der Waals surface area contributed by atoms with Crippen molar-refractivity contribution in [2.45, 2.75) is 32.4 Å². The number of benzene rings is 2. The van der Waals surface area contributed by atoms with Crippen molar-refractivity contribution in [3.8, 4) is 5.69 Å². The maximum Gasteiger partial charge on any atom is 0.265 e. The minimum atomic E-state index is -0.158. The highest BCUT2D eigenvalue weighted by Crippen LogP contribution is 2.31. The molecule has 0 spiro atoms. The molecule has 1 aliphatic heterocycles. The standard InChI is InChI=1S/C24H19Cl2N5O2/c1-13-27-22-20(24(32)30(13)12-17-5-4-8-33-17)21-23(29-19-7-3-2-6-18(19)28-21)31(22)16-10-14(25)9-15(26)11-16/h2-3,6-7,9-11,17H,4-5,8,12H2,1H3/t17-/m0/s1. The molecule has 0 N–H and O–H groups in total. The summed E-state index contributed by atoms with van der Waals surface area (Å²) in [4.78, 5) is 28.3. The van der Waals surface area contributed by atoms with Crippen LogP contribution in [-0.4, -0.2) is 36.8 Å². The molecule has 33 heavy (non-hydrogen) atoms. The average Bonchev–Trinajstić information content (AvgIpc) is 3.40. The van der Waals surface area contributed by atoms with E-state index in [1.54, 1.807) is 22.8 Å². The Hall–Kier alpha value is -3.00. The van der Waals surface area contributed by atoms with Gasteiger partial charge in [0.2, 0.25) is 0 Å². The van der Waals surface area contributed by atoms with Crippen molar-refractivity contribution in [1.82, 2.24) is 24.1 Å². The first-order chi connectivity index (χ1) is 16.0. The molecule has 1 atom stereocenters. The summed E-state index contributed by atoms with van der Waals surface area (Å²) in [5.74, 6) is 0.602. The van der Waals surface area contributed by atoms with Gasteiger partial charge < -0.3 is 4.74 Å². The molecule has 0 saturated carbocycles. The summed E-state index contributed by atoms with van der Waals surface area (Å²) in [5, 5.41) is 1.37. The molecule has 3 aromatic heterocycles. The number of nitrogens with zero attached hydrogens (tertiary/aromatic N) is 5. The highest BCUT2D eigenvalue weighted by Gasteiger charge is 2.24. The number of para-hydroxylation sites is 2. The summed E-state index contributed by atoms with van der Waals surface area (Å²) >= 11 is 12.6. The molecule has 1 saturated heterocycles. The van der Waals surface area contributed by atoms with E-state index in [0.29, 0.717) is 55.8 Å². The maximum atomic E-state index is 13.8. The molecule has 9 heteroatoms. The van der Waals surface area contributed by atoms with E-state index >= 15 is 0 Å². The summed E-state index contributed by atoms with van der Waals surface area (Å²) in [6.45, 7) is 3.02. The van der Waals surface area contributed by atoms with Crippen molar-refractivity contribution in [2.75, 3.05) is 6.61 Å². The lowest BCUT2D eigenvalue weighted by molar-refractivity contribution is 0.0955. The van der Waals surface area contributed by atoms with Crippen LogP contribution in [0.5, 0.6) is 0 Å². The van der Waals surface area contributed by atoms with Gasteiger partial charge in [-0.05, 0) is 50.1 Å². The molecule has 0 aliphatic carbocycles. The van der Waals surface area contributed by atoms with Crippen molar-refractivity contribution < 1.29 is 4.74 Å². The number of hydrogen-bond donors (Lipinski definition) is 0. The van der Waals surface area contributed by atoms with Crippen molar-refractivity contribution in [2.24, 2.45) is 0 Å². The van der Waals surface area contributed by atoms with E-state index < -0.39 is 0 Å². The highest BCUT2D eigenvalue weighted by atomic mass is 35.5. The van der Waals surface area contributed by atoms with Crippen LogP contribution in [-0.2, 0) is 11.3 Å². The predicted octanol–water partition coefficient (Wildman–Crippen LogP) is 5.08. The molecule has 7 nitrogen and oxygen atoms in total. The Morgan fingerprint density at radius 2 is 1.76 bits per heavy atom. The topological polar surface area (TPSA) is 74.8 Å². The number of ether oxygens (including phenoxy) is 1. The van der Waals surface area contributed by atoms with E-state index in [1.165, 1.54) is 0 Å². The number of fused-ring (bicyclic) bond motifs is 4. The Balaban J connectivity index is 1.73. The summed E-state index contributed by atoms with van der Waals surface area (Å²) in [7, 11) is 0. The van der Waals surface area contributed by atoms with Gasteiger partial charge in [-0.1, -0.05) is 35.3 Å². The fourth-order valence-corrected chi connectivity index (χ4v) is 5.07. The van der Waals surface area contributed by atoms with E-state index in [9.17, 15) is 4.79 Å². The zero-order chi connectivity index (χ0) is 22.7. The van der Waals surface area contributed by atoms with Gasteiger partial charge in [-0.25, -0.2) is 15.0 Å². The minimum Gasteiger partial charge on any atom is -0.376 e. The van der Waals surface area contributed by atoms with Gasteiger partial charge in [-0.3, -0.25) is 13.9 Å². The molecule has 0 amide bonds. The summed E-state index contributed by atoms with van der Waals surface area (Å²) < 4.78 is 9.27. The normalized spacial score (nSPS) is 16.4. The van der Waals surface area contributed by atoms with Gasteiger partial charge in [0.15, 0.2) is 11.3 Å². The monoisotopic (exact) mass is 479 g/mol. The molecule has 2 aromatic carbocycles. The Morgan fingerprint density at radius 3 is 2.45 bits per heavy atom. The molecule has 1 fully saturated rings. The number of rotatable bonds is 3. The van der Waals surface area contributed by atoms with E-state index in [0.717, 1.165) is 25.0 Å².